The Kier molecular flexibility index (Phi) is 4.08. The van der Waals surface area contributed by atoms with Crippen molar-refractivity contribution in [2.75, 3.05) is 0 Å². The van der Waals surface area contributed by atoms with E-state index in [0.29, 0.717) is 27.5 Å². The minimum atomic E-state index is -0.786. The fourth-order valence-electron chi connectivity index (χ4n) is 2.88. The molecule has 4 aromatic rings. The smallest absolute Gasteiger partial charge is 0.374 e. The zero-order valence-electron chi connectivity index (χ0n) is 14.4. The fourth-order valence-corrected chi connectivity index (χ4v) is 2.88. The average Bonchev–Trinajstić information content (AvgIpc) is 2.65. The number of carbonyl (C=O) groups excluding carboxylic acids is 1. The molecule has 0 N–H and O–H groups in total. The average molecular weight is 362 g/mol. The number of para-hydroxylation sites is 1. The molecule has 0 spiro atoms. The molecule has 4 rings (SSSR count). The maximum Gasteiger partial charge on any atom is 0.374 e. The second kappa shape index (κ2) is 6.57. The minimum absolute atomic E-state index is 0.152. The highest BCUT2D eigenvalue weighted by Crippen LogP contribution is 2.20. The van der Waals surface area contributed by atoms with Crippen LogP contribution < -0.4 is 11.1 Å². The summed E-state index contributed by atoms with van der Waals surface area (Å²) < 4.78 is 15.9. The molecule has 0 aliphatic rings. The van der Waals surface area contributed by atoms with E-state index in [-0.39, 0.29) is 17.8 Å². The molecule has 0 amide bonds. The van der Waals surface area contributed by atoms with Gasteiger partial charge in [-0.15, -0.1) is 0 Å². The zero-order valence-corrected chi connectivity index (χ0v) is 14.4. The number of esters is 1. The Labute approximate surface area is 152 Å². The van der Waals surface area contributed by atoms with Crippen molar-refractivity contribution in [1.29, 1.82) is 0 Å². The van der Waals surface area contributed by atoms with Crippen molar-refractivity contribution < 1.29 is 18.4 Å². The van der Waals surface area contributed by atoms with E-state index in [1.54, 1.807) is 36.4 Å². The van der Waals surface area contributed by atoms with E-state index in [9.17, 15) is 14.4 Å². The molecule has 6 nitrogen and oxygen atoms in total. The van der Waals surface area contributed by atoms with Crippen LogP contribution in [0.2, 0.25) is 0 Å². The molecule has 0 saturated carbocycles. The number of fused-ring (bicyclic) bond motifs is 2. The summed E-state index contributed by atoms with van der Waals surface area (Å²) in [5.74, 6) is -0.979. The number of aryl methyl sites for hydroxylation is 1. The van der Waals surface area contributed by atoms with Gasteiger partial charge in [-0.05, 0) is 30.7 Å². The van der Waals surface area contributed by atoms with Crippen LogP contribution in [-0.2, 0) is 11.3 Å². The summed E-state index contributed by atoms with van der Waals surface area (Å²) >= 11 is 0. The first-order valence-electron chi connectivity index (χ1n) is 8.25. The molecule has 2 aromatic carbocycles. The van der Waals surface area contributed by atoms with Gasteiger partial charge in [0.2, 0.25) is 5.76 Å². The lowest BCUT2D eigenvalue weighted by atomic mass is 10.1. The molecule has 0 bridgehead atoms. The van der Waals surface area contributed by atoms with Crippen molar-refractivity contribution in [3.63, 3.8) is 0 Å². The highest BCUT2D eigenvalue weighted by atomic mass is 16.5. The van der Waals surface area contributed by atoms with Crippen LogP contribution in [0.1, 0.15) is 21.7 Å². The first kappa shape index (κ1) is 16.8. The van der Waals surface area contributed by atoms with Crippen molar-refractivity contribution in [2.45, 2.75) is 13.5 Å². The third kappa shape index (κ3) is 3.25. The Morgan fingerprint density at radius 1 is 0.926 bits per heavy atom. The van der Waals surface area contributed by atoms with E-state index >= 15 is 0 Å². The summed E-state index contributed by atoms with van der Waals surface area (Å²) in [5.41, 5.74) is 1.32. The highest BCUT2D eigenvalue weighted by Gasteiger charge is 2.15. The van der Waals surface area contributed by atoms with E-state index in [0.717, 1.165) is 11.6 Å². The second-order valence-electron chi connectivity index (χ2n) is 6.14. The molecule has 0 aliphatic heterocycles. The van der Waals surface area contributed by atoms with Crippen LogP contribution in [0.25, 0.3) is 21.9 Å². The van der Waals surface area contributed by atoms with E-state index in [1.165, 1.54) is 6.07 Å². The molecule has 0 saturated heterocycles. The summed E-state index contributed by atoms with van der Waals surface area (Å²) in [7, 11) is 0. The van der Waals surface area contributed by atoms with Gasteiger partial charge in [0.15, 0.2) is 5.43 Å². The Bertz CT molecular complexity index is 1300. The molecule has 0 radical (unpaired) electrons. The van der Waals surface area contributed by atoms with Gasteiger partial charge in [0.05, 0.1) is 5.39 Å². The first-order valence-corrected chi connectivity index (χ1v) is 8.25. The summed E-state index contributed by atoms with van der Waals surface area (Å²) in [4.78, 5) is 36.2. The van der Waals surface area contributed by atoms with Crippen LogP contribution in [0.5, 0.6) is 0 Å². The van der Waals surface area contributed by atoms with Crippen LogP contribution in [0.4, 0.5) is 0 Å². The maximum atomic E-state index is 12.3. The van der Waals surface area contributed by atoms with E-state index in [4.69, 9.17) is 13.6 Å². The van der Waals surface area contributed by atoms with Crippen molar-refractivity contribution in [1.82, 2.24) is 0 Å². The number of rotatable bonds is 3. The number of ether oxygens (including phenoxy) is 1. The van der Waals surface area contributed by atoms with Gasteiger partial charge < -0.3 is 13.6 Å². The lowest BCUT2D eigenvalue weighted by molar-refractivity contribution is 0.0438. The SMILES string of the molecule is Cc1ccc2c(COC(=O)c3cc(=O)c4ccccc4o3)cc(=O)oc2c1. The Morgan fingerprint density at radius 2 is 1.74 bits per heavy atom. The van der Waals surface area contributed by atoms with Crippen molar-refractivity contribution in [3.8, 4) is 0 Å². The molecular weight excluding hydrogens is 348 g/mol. The number of carbonyl (C=O) groups is 1. The predicted octanol–water partition coefficient (Wildman–Crippen LogP) is 3.56. The largest absolute Gasteiger partial charge is 0.455 e. The fraction of sp³-hybridized carbons (Fsp3) is 0.0952. The van der Waals surface area contributed by atoms with Gasteiger partial charge in [0.1, 0.15) is 17.8 Å². The first-order chi connectivity index (χ1) is 13.0. The monoisotopic (exact) mass is 362 g/mol. The molecule has 0 aliphatic carbocycles. The second-order valence-corrected chi connectivity index (χ2v) is 6.14. The molecule has 6 heteroatoms. The lowest BCUT2D eigenvalue weighted by Crippen LogP contribution is -2.11. The topological polar surface area (TPSA) is 86.7 Å². The van der Waals surface area contributed by atoms with Gasteiger partial charge >= 0.3 is 11.6 Å². The normalized spacial score (nSPS) is 11.0. The summed E-state index contributed by atoms with van der Waals surface area (Å²) in [5, 5.41) is 1.06. The highest BCUT2D eigenvalue weighted by molar-refractivity contribution is 5.89. The van der Waals surface area contributed by atoms with Crippen molar-refractivity contribution in [3.05, 3.63) is 92.1 Å². The molecule has 27 heavy (non-hydrogen) atoms. The third-order valence-electron chi connectivity index (χ3n) is 4.18. The van der Waals surface area contributed by atoms with Gasteiger partial charge in [-0.25, -0.2) is 9.59 Å². The summed E-state index contributed by atoms with van der Waals surface area (Å²) in [6.45, 7) is 1.73. The molecular formula is C21H14O6. The van der Waals surface area contributed by atoms with Gasteiger partial charge in [-0.3, -0.25) is 4.79 Å². The van der Waals surface area contributed by atoms with Crippen LogP contribution in [0, 0.1) is 6.92 Å². The van der Waals surface area contributed by atoms with Crippen LogP contribution >= 0.6 is 0 Å². The van der Waals surface area contributed by atoms with Crippen LogP contribution in [-0.4, -0.2) is 5.97 Å². The van der Waals surface area contributed by atoms with E-state index in [1.807, 2.05) is 13.0 Å². The van der Waals surface area contributed by atoms with Gasteiger partial charge in [-0.2, -0.15) is 0 Å². The predicted molar refractivity (Wildman–Crippen MR) is 98.8 cm³/mol. The number of hydrogen-bond donors (Lipinski definition) is 0. The molecule has 0 atom stereocenters. The van der Waals surface area contributed by atoms with Gasteiger partial charge in [0, 0.05) is 23.1 Å². The summed E-state index contributed by atoms with van der Waals surface area (Å²) in [6.07, 6.45) is 0. The van der Waals surface area contributed by atoms with E-state index in [2.05, 4.69) is 0 Å². The zero-order chi connectivity index (χ0) is 19.0. The quantitative estimate of drug-likeness (QED) is 0.409. The molecule has 2 aromatic heterocycles. The molecule has 0 unspecified atom stereocenters. The minimum Gasteiger partial charge on any atom is -0.455 e. The Hall–Kier alpha value is -3.67. The summed E-state index contributed by atoms with van der Waals surface area (Å²) in [6, 6.07) is 14.4. The molecule has 134 valence electrons. The standard InChI is InChI=1S/C21H14O6/c1-12-6-7-14-13(9-20(23)27-18(14)8-12)11-25-21(24)19-10-16(22)15-4-2-3-5-17(15)26-19/h2-10H,11H2,1H3. The van der Waals surface area contributed by atoms with Crippen LogP contribution in [0.3, 0.4) is 0 Å². The van der Waals surface area contributed by atoms with Gasteiger partial charge in [0.25, 0.3) is 0 Å². The third-order valence-corrected chi connectivity index (χ3v) is 4.18. The molecule has 2 heterocycles. The molecule has 0 fully saturated rings. The van der Waals surface area contributed by atoms with Crippen molar-refractivity contribution in [2.24, 2.45) is 0 Å². The number of benzene rings is 2. The Balaban J connectivity index is 1.64. The van der Waals surface area contributed by atoms with E-state index < -0.39 is 11.6 Å². The van der Waals surface area contributed by atoms with Crippen LogP contribution in [0.15, 0.2) is 73.0 Å². The Morgan fingerprint density at radius 3 is 2.59 bits per heavy atom. The van der Waals surface area contributed by atoms with Crippen molar-refractivity contribution >= 4 is 27.9 Å². The number of hydrogen-bond acceptors (Lipinski definition) is 6. The lowest BCUT2D eigenvalue weighted by Gasteiger charge is -2.07. The maximum absolute atomic E-state index is 12.3. The van der Waals surface area contributed by atoms with Gasteiger partial charge in [-0.1, -0.05) is 24.3 Å².